The van der Waals surface area contributed by atoms with E-state index in [9.17, 15) is 23.2 Å². The van der Waals surface area contributed by atoms with Crippen LogP contribution in [0.2, 0.25) is 0 Å². The minimum atomic E-state index is -2.99. The Hall–Kier alpha value is -4.46. The Balaban J connectivity index is 1.40. The molecule has 1 aromatic heterocycles. The number of rotatable bonds is 7. The summed E-state index contributed by atoms with van der Waals surface area (Å²) in [5, 5.41) is 6.34. The third-order valence-electron chi connectivity index (χ3n) is 7.14. The van der Waals surface area contributed by atoms with Crippen molar-refractivity contribution in [3.8, 4) is 0 Å². The Kier molecular flexibility index (Phi) is 6.72. The molecule has 8 heteroatoms. The predicted octanol–water partition coefficient (Wildman–Crippen LogP) is 6.29. The van der Waals surface area contributed by atoms with Crippen LogP contribution >= 0.6 is 0 Å². The summed E-state index contributed by atoms with van der Waals surface area (Å²) in [6.07, 6.45) is 1.17. The second-order valence-electron chi connectivity index (χ2n) is 9.77. The molecule has 1 atom stereocenters. The van der Waals surface area contributed by atoms with Crippen molar-refractivity contribution < 1.29 is 23.2 Å². The number of hydrogen-bond acceptors (Lipinski definition) is 4. The first-order chi connectivity index (χ1) is 18.6. The van der Waals surface area contributed by atoms with E-state index in [4.69, 9.17) is 0 Å². The van der Waals surface area contributed by atoms with E-state index in [0.29, 0.717) is 28.0 Å². The largest absolute Gasteiger partial charge is 0.298 e. The summed E-state index contributed by atoms with van der Waals surface area (Å²) in [7, 11) is 0. The van der Waals surface area contributed by atoms with Gasteiger partial charge in [-0.3, -0.25) is 19.0 Å². The number of amides is 1. The van der Waals surface area contributed by atoms with E-state index in [-0.39, 0.29) is 24.3 Å². The zero-order valence-electron chi connectivity index (χ0n) is 21.8. The molecule has 4 aromatic rings. The van der Waals surface area contributed by atoms with Gasteiger partial charge in [0, 0.05) is 35.6 Å². The van der Waals surface area contributed by atoms with Crippen molar-refractivity contribution in [3.05, 3.63) is 101 Å². The summed E-state index contributed by atoms with van der Waals surface area (Å²) in [4.78, 5) is 39.8. The summed E-state index contributed by atoms with van der Waals surface area (Å²) < 4.78 is 29.8. The minimum absolute atomic E-state index is 0.156. The molecular formula is C31H27F2N3O3. The van der Waals surface area contributed by atoms with Crippen LogP contribution in [-0.2, 0) is 21.9 Å². The van der Waals surface area contributed by atoms with Gasteiger partial charge in [0.25, 0.3) is 17.7 Å². The van der Waals surface area contributed by atoms with Gasteiger partial charge in [0.1, 0.15) is 5.92 Å². The van der Waals surface area contributed by atoms with Gasteiger partial charge in [0.15, 0.2) is 5.78 Å². The molecule has 39 heavy (non-hydrogen) atoms. The molecule has 3 aromatic carbocycles. The number of halogens is 2. The highest BCUT2D eigenvalue weighted by Gasteiger charge is 2.39. The number of carbonyl (C=O) groups excluding carboxylic acids is 3. The topological polar surface area (TPSA) is 71.7 Å². The fourth-order valence-corrected chi connectivity index (χ4v) is 4.91. The maximum absolute atomic E-state index is 14.2. The van der Waals surface area contributed by atoms with Crippen molar-refractivity contribution in [3.63, 3.8) is 0 Å². The third-order valence-corrected chi connectivity index (χ3v) is 7.14. The first-order valence-electron chi connectivity index (χ1n) is 12.7. The molecule has 2 heterocycles. The van der Waals surface area contributed by atoms with Crippen molar-refractivity contribution >= 4 is 39.9 Å². The highest BCUT2D eigenvalue weighted by atomic mass is 19.3. The number of anilines is 1. The van der Waals surface area contributed by atoms with Gasteiger partial charge < -0.3 is 0 Å². The molecule has 0 radical (unpaired) electrons. The second kappa shape index (κ2) is 10.0. The minimum Gasteiger partial charge on any atom is -0.298 e. The Morgan fingerprint density at radius 1 is 0.974 bits per heavy atom. The number of nitrogens with zero attached hydrogens (tertiary/aromatic N) is 3. The van der Waals surface area contributed by atoms with Gasteiger partial charge in [-0.1, -0.05) is 49.4 Å². The maximum atomic E-state index is 14.2. The molecular weight excluding hydrogens is 500 g/mol. The zero-order chi connectivity index (χ0) is 27.9. The Morgan fingerprint density at radius 3 is 2.49 bits per heavy atom. The van der Waals surface area contributed by atoms with Crippen LogP contribution in [0.3, 0.4) is 0 Å². The summed E-state index contributed by atoms with van der Waals surface area (Å²) in [6.45, 7) is 4.87. The average Bonchev–Trinajstić information content (AvgIpc) is 3.48. The smallest absolute Gasteiger partial charge is 0.273 e. The second-order valence-corrected chi connectivity index (χ2v) is 9.77. The van der Waals surface area contributed by atoms with Crippen LogP contribution in [-0.4, -0.2) is 27.9 Å². The van der Waals surface area contributed by atoms with Crippen molar-refractivity contribution in [1.82, 2.24) is 4.57 Å². The standard InChI is InChI=1S/C31H27F2N3O3/c1-4-31(32,33)23-10-7-9-21(16-23)17-27(37)28-20(3)34-36(30(28)39)24-13-12-22-14-15-35(26(22)18-24)29(38)25-11-6-5-8-19(25)2/h5-16,18,28H,4,17H2,1-3H3. The molecule has 1 aliphatic rings. The lowest BCUT2D eigenvalue weighted by atomic mass is 9.92. The lowest BCUT2D eigenvalue weighted by Gasteiger charge is -2.16. The van der Waals surface area contributed by atoms with Gasteiger partial charge in [-0.05, 0) is 55.3 Å². The van der Waals surface area contributed by atoms with Gasteiger partial charge in [-0.2, -0.15) is 10.1 Å². The third kappa shape index (κ3) is 4.78. The van der Waals surface area contributed by atoms with E-state index in [1.54, 1.807) is 49.5 Å². The van der Waals surface area contributed by atoms with Crippen LogP contribution in [0.4, 0.5) is 14.5 Å². The number of alkyl halides is 2. The lowest BCUT2D eigenvalue weighted by molar-refractivity contribution is -0.128. The molecule has 0 saturated heterocycles. The van der Waals surface area contributed by atoms with E-state index < -0.39 is 23.5 Å². The average molecular weight is 528 g/mol. The number of hydrogen-bond donors (Lipinski definition) is 0. The van der Waals surface area contributed by atoms with E-state index in [1.165, 1.54) is 34.7 Å². The summed E-state index contributed by atoms with van der Waals surface area (Å²) in [5.41, 5.74) is 3.02. The van der Waals surface area contributed by atoms with E-state index in [1.807, 2.05) is 25.1 Å². The molecule has 0 bridgehead atoms. The SMILES string of the molecule is CCC(F)(F)c1cccc(CC(=O)C2C(=O)N(c3ccc4ccn(C(=O)c5ccccc5C)c4c3)N=C2C)c1. The molecule has 0 aliphatic carbocycles. The van der Waals surface area contributed by atoms with Gasteiger partial charge in [-0.15, -0.1) is 0 Å². The van der Waals surface area contributed by atoms with Gasteiger partial charge in [-0.25, -0.2) is 8.78 Å². The van der Waals surface area contributed by atoms with Gasteiger partial charge in [0.2, 0.25) is 0 Å². The van der Waals surface area contributed by atoms with E-state index in [2.05, 4.69) is 5.10 Å². The summed E-state index contributed by atoms with van der Waals surface area (Å²) >= 11 is 0. The highest BCUT2D eigenvalue weighted by Crippen LogP contribution is 2.33. The Morgan fingerprint density at radius 2 is 1.74 bits per heavy atom. The van der Waals surface area contributed by atoms with Crippen molar-refractivity contribution in [2.24, 2.45) is 11.0 Å². The van der Waals surface area contributed by atoms with Crippen LogP contribution in [0, 0.1) is 12.8 Å². The number of benzene rings is 3. The number of aryl methyl sites for hydroxylation is 1. The molecule has 0 spiro atoms. The molecule has 1 amide bonds. The Labute approximate surface area is 224 Å². The number of Topliss-reactive ketones (excluding diaryl/α,β-unsaturated/α-hetero) is 1. The number of hydrazone groups is 1. The molecule has 5 rings (SSSR count). The molecule has 198 valence electrons. The molecule has 1 unspecified atom stereocenters. The lowest BCUT2D eigenvalue weighted by Crippen LogP contribution is -2.33. The normalized spacial score (nSPS) is 15.6. The van der Waals surface area contributed by atoms with Crippen molar-refractivity contribution in [2.45, 2.75) is 39.5 Å². The highest BCUT2D eigenvalue weighted by molar-refractivity contribution is 6.27. The fourth-order valence-electron chi connectivity index (χ4n) is 4.91. The monoisotopic (exact) mass is 527 g/mol. The zero-order valence-corrected chi connectivity index (χ0v) is 21.8. The quantitative estimate of drug-likeness (QED) is 0.265. The van der Waals surface area contributed by atoms with Gasteiger partial charge >= 0.3 is 0 Å². The van der Waals surface area contributed by atoms with Crippen molar-refractivity contribution in [2.75, 3.05) is 5.01 Å². The first-order valence-corrected chi connectivity index (χ1v) is 12.7. The molecule has 1 aliphatic heterocycles. The van der Waals surface area contributed by atoms with Crippen LogP contribution in [0.1, 0.15) is 47.3 Å². The van der Waals surface area contributed by atoms with Gasteiger partial charge in [0.05, 0.1) is 16.9 Å². The number of carbonyl (C=O) groups is 3. The first kappa shape index (κ1) is 26.2. The number of ketones is 1. The fraction of sp³-hybridized carbons (Fsp3) is 0.226. The molecule has 0 N–H and O–H groups in total. The van der Waals surface area contributed by atoms with Crippen LogP contribution in [0.25, 0.3) is 10.9 Å². The van der Waals surface area contributed by atoms with E-state index in [0.717, 1.165) is 10.9 Å². The Bertz CT molecular complexity index is 1650. The number of fused-ring (bicyclic) bond motifs is 1. The summed E-state index contributed by atoms with van der Waals surface area (Å²) in [5.74, 6) is -5.24. The molecule has 0 fully saturated rings. The van der Waals surface area contributed by atoms with E-state index >= 15 is 0 Å². The summed E-state index contributed by atoms with van der Waals surface area (Å²) in [6, 6.07) is 20.1. The predicted molar refractivity (Wildman–Crippen MR) is 146 cm³/mol. The van der Waals surface area contributed by atoms with Crippen LogP contribution < -0.4 is 5.01 Å². The molecule has 0 saturated carbocycles. The number of aromatic nitrogens is 1. The molecule has 6 nitrogen and oxygen atoms in total. The van der Waals surface area contributed by atoms with Crippen molar-refractivity contribution in [1.29, 1.82) is 0 Å². The van der Waals surface area contributed by atoms with Crippen LogP contribution in [0.15, 0.2) is 84.1 Å². The van der Waals surface area contributed by atoms with Crippen LogP contribution in [0.5, 0.6) is 0 Å². The maximum Gasteiger partial charge on any atom is 0.273 e.